The molecule has 2 aromatic heterocycles. The minimum Gasteiger partial charge on any atom is -0.496 e. The highest BCUT2D eigenvalue weighted by atomic mass is 32.1. The van der Waals surface area contributed by atoms with Crippen molar-refractivity contribution in [3.63, 3.8) is 0 Å². The van der Waals surface area contributed by atoms with Crippen LogP contribution in [0.1, 0.15) is 53.1 Å². The van der Waals surface area contributed by atoms with Crippen LogP contribution in [0.25, 0.3) is 10.2 Å². The summed E-state index contributed by atoms with van der Waals surface area (Å²) in [5.41, 5.74) is 2.42. The highest BCUT2D eigenvalue weighted by Crippen LogP contribution is 2.35. The van der Waals surface area contributed by atoms with Gasteiger partial charge in [0.2, 0.25) is 0 Å². The molecule has 0 bridgehead atoms. The first-order valence-electron chi connectivity index (χ1n) is 9.96. The molecule has 0 unspecified atom stereocenters. The smallest absolute Gasteiger partial charge is 0.261 e. The standard InChI is InChI=1S/C23H29N3O4S/c1-12-18-13(2)25-22(23(3,4)5)26-21(18)31-19(12)20(27)24-11-14-9-16(29-7)17(30-8)10-15(14)28-6/h9-10H,11H2,1-8H3,(H,24,27). The maximum Gasteiger partial charge on any atom is 0.261 e. The van der Waals surface area contributed by atoms with Gasteiger partial charge in [0, 0.05) is 29.0 Å². The monoisotopic (exact) mass is 443 g/mol. The summed E-state index contributed by atoms with van der Waals surface area (Å²) in [5.74, 6) is 2.38. The van der Waals surface area contributed by atoms with Crippen LogP contribution in [0.4, 0.5) is 0 Å². The number of thiophene rings is 1. The molecule has 0 spiro atoms. The molecular weight excluding hydrogens is 414 g/mol. The van der Waals surface area contributed by atoms with Crippen LogP contribution >= 0.6 is 11.3 Å². The molecule has 0 fully saturated rings. The molecule has 2 heterocycles. The quantitative estimate of drug-likeness (QED) is 0.601. The average Bonchev–Trinajstić information content (AvgIpc) is 3.07. The van der Waals surface area contributed by atoms with Crippen molar-refractivity contribution in [2.24, 2.45) is 0 Å². The summed E-state index contributed by atoms with van der Waals surface area (Å²) in [4.78, 5) is 23.9. The van der Waals surface area contributed by atoms with E-state index in [1.807, 2.05) is 13.8 Å². The van der Waals surface area contributed by atoms with Crippen molar-refractivity contribution in [1.82, 2.24) is 15.3 Å². The van der Waals surface area contributed by atoms with Crippen molar-refractivity contribution < 1.29 is 19.0 Å². The van der Waals surface area contributed by atoms with Gasteiger partial charge in [0.05, 0.1) is 31.9 Å². The first kappa shape index (κ1) is 22.8. The lowest BCUT2D eigenvalue weighted by atomic mass is 9.95. The molecule has 0 atom stereocenters. The van der Waals surface area contributed by atoms with E-state index in [4.69, 9.17) is 19.2 Å². The molecule has 0 radical (unpaired) electrons. The van der Waals surface area contributed by atoms with E-state index in [1.54, 1.807) is 33.5 Å². The third kappa shape index (κ3) is 4.44. The number of aromatic nitrogens is 2. The van der Waals surface area contributed by atoms with E-state index in [0.717, 1.165) is 32.9 Å². The summed E-state index contributed by atoms with van der Waals surface area (Å²) in [5, 5.41) is 3.94. The number of methoxy groups -OCH3 is 3. The molecule has 1 amide bonds. The van der Waals surface area contributed by atoms with Gasteiger partial charge in [0.25, 0.3) is 5.91 Å². The summed E-state index contributed by atoms with van der Waals surface area (Å²) in [7, 11) is 4.72. The van der Waals surface area contributed by atoms with Crippen molar-refractivity contribution in [2.75, 3.05) is 21.3 Å². The Hall–Kier alpha value is -2.87. The maximum absolute atomic E-state index is 13.0. The minimum absolute atomic E-state index is 0.158. The van der Waals surface area contributed by atoms with Gasteiger partial charge in [-0.3, -0.25) is 4.79 Å². The van der Waals surface area contributed by atoms with Crippen LogP contribution in [0, 0.1) is 13.8 Å². The lowest BCUT2D eigenvalue weighted by molar-refractivity contribution is 0.0954. The van der Waals surface area contributed by atoms with E-state index in [2.05, 4.69) is 31.1 Å². The van der Waals surface area contributed by atoms with Gasteiger partial charge in [-0.15, -0.1) is 11.3 Å². The summed E-state index contributed by atoms with van der Waals surface area (Å²) in [6.45, 7) is 10.4. The minimum atomic E-state index is -0.163. The number of aryl methyl sites for hydroxylation is 2. The third-order valence-electron chi connectivity index (χ3n) is 5.07. The number of rotatable bonds is 6. The molecule has 0 saturated carbocycles. The Balaban J connectivity index is 1.91. The molecule has 8 heteroatoms. The lowest BCUT2D eigenvalue weighted by Gasteiger charge is -2.16. The number of carbonyl (C=O) groups is 1. The van der Waals surface area contributed by atoms with E-state index in [-0.39, 0.29) is 17.9 Å². The Morgan fingerprint density at radius 2 is 1.61 bits per heavy atom. The van der Waals surface area contributed by atoms with Gasteiger partial charge in [-0.2, -0.15) is 0 Å². The van der Waals surface area contributed by atoms with Gasteiger partial charge in [-0.1, -0.05) is 20.8 Å². The van der Waals surface area contributed by atoms with Crippen LogP contribution in [0.2, 0.25) is 0 Å². The largest absolute Gasteiger partial charge is 0.496 e. The summed E-state index contributed by atoms with van der Waals surface area (Å²) >= 11 is 1.40. The molecule has 0 aliphatic heterocycles. The van der Waals surface area contributed by atoms with Gasteiger partial charge in [-0.25, -0.2) is 9.97 Å². The second kappa shape index (κ2) is 8.70. The molecule has 0 saturated heterocycles. The Bertz CT molecular complexity index is 1130. The zero-order valence-corrected chi connectivity index (χ0v) is 20.1. The van der Waals surface area contributed by atoms with E-state index in [0.29, 0.717) is 22.1 Å². The van der Waals surface area contributed by atoms with E-state index in [1.165, 1.54) is 11.3 Å². The van der Waals surface area contributed by atoms with Crippen LogP contribution in [0.3, 0.4) is 0 Å². The fourth-order valence-electron chi connectivity index (χ4n) is 3.38. The molecule has 0 aliphatic rings. The van der Waals surface area contributed by atoms with Crippen LogP contribution in [-0.2, 0) is 12.0 Å². The maximum atomic E-state index is 13.0. The summed E-state index contributed by atoms with van der Waals surface area (Å²) in [6.07, 6.45) is 0. The Labute approximate surface area is 186 Å². The number of nitrogens with zero attached hydrogens (tertiary/aromatic N) is 2. The van der Waals surface area contributed by atoms with Gasteiger partial charge in [0.1, 0.15) is 16.4 Å². The van der Waals surface area contributed by atoms with Crippen LogP contribution in [0.15, 0.2) is 12.1 Å². The molecule has 1 aromatic carbocycles. The fourth-order valence-corrected chi connectivity index (χ4v) is 4.53. The molecular formula is C23H29N3O4S. The number of fused-ring (bicyclic) bond motifs is 1. The number of ether oxygens (including phenoxy) is 3. The van der Waals surface area contributed by atoms with Crippen LogP contribution in [-0.4, -0.2) is 37.2 Å². The number of hydrogen-bond acceptors (Lipinski definition) is 7. The van der Waals surface area contributed by atoms with E-state index >= 15 is 0 Å². The summed E-state index contributed by atoms with van der Waals surface area (Å²) < 4.78 is 16.1. The van der Waals surface area contributed by atoms with Gasteiger partial charge in [-0.05, 0) is 25.5 Å². The molecule has 3 rings (SSSR count). The number of hydrogen-bond donors (Lipinski definition) is 1. The highest BCUT2D eigenvalue weighted by molar-refractivity contribution is 7.20. The van der Waals surface area contributed by atoms with Crippen LogP contribution in [0.5, 0.6) is 17.2 Å². The van der Waals surface area contributed by atoms with Crippen molar-refractivity contribution in [3.8, 4) is 17.2 Å². The Morgan fingerprint density at radius 1 is 1.00 bits per heavy atom. The van der Waals surface area contributed by atoms with Crippen molar-refractivity contribution >= 4 is 27.5 Å². The zero-order valence-electron chi connectivity index (χ0n) is 19.3. The average molecular weight is 444 g/mol. The lowest BCUT2D eigenvalue weighted by Crippen LogP contribution is -2.22. The highest BCUT2D eigenvalue weighted by Gasteiger charge is 2.23. The fraction of sp³-hybridized carbons (Fsp3) is 0.435. The Kier molecular flexibility index (Phi) is 6.40. The first-order chi connectivity index (χ1) is 14.6. The number of carbonyl (C=O) groups excluding carboxylic acids is 1. The SMILES string of the molecule is COc1cc(OC)c(OC)cc1CNC(=O)c1sc2nc(C(C)(C)C)nc(C)c2c1C. The normalized spacial score (nSPS) is 11.5. The van der Waals surface area contributed by atoms with Gasteiger partial charge < -0.3 is 19.5 Å². The number of nitrogens with one attached hydrogen (secondary N) is 1. The second-order valence-electron chi connectivity index (χ2n) is 8.32. The number of benzene rings is 1. The van der Waals surface area contributed by atoms with Crippen molar-refractivity contribution in [1.29, 1.82) is 0 Å². The topological polar surface area (TPSA) is 82.6 Å². The predicted octanol–water partition coefficient (Wildman–Crippen LogP) is 4.56. The van der Waals surface area contributed by atoms with Gasteiger partial charge >= 0.3 is 0 Å². The molecule has 166 valence electrons. The van der Waals surface area contributed by atoms with Crippen molar-refractivity contribution in [2.45, 2.75) is 46.6 Å². The molecule has 3 aromatic rings. The first-order valence-corrected chi connectivity index (χ1v) is 10.8. The van der Waals surface area contributed by atoms with E-state index < -0.39 is 0 Å². The third-order valence-corrected chi connectivity index (χ3v) is 6.26. The number of amides is 1. The molecule has 7 nitrogen and oxygen atoms in total. The predicted molar refractivity (Wildman–Crippen MR) is 123 cm³/mol. The molecule has 0 aliphatic carbocycles. The van der Waals surface area contributed by atoms with E-state index in [9.17, 15) is 4.79 Å². The molecule has 1 N–H and O–H groups in total. The van der Waals surface area contributed by atoms with Crippen molar-refractivity contribution in [3.05, 3.63) is 39.7 Å². The summed E-state index contributed by atoms with van der Waals surface area (Å²) in [6, 6.07) is 3.55. The van der Waals surface area contributed by atoms with Gasteiger partial charge in [0.15, 0.2) is 11.5 Å². The van der Waals surface area contributed by atoms with Crippen LogP contribution < -0.4 is 19.5 Å². The Morgan fingerprint density at radius 3 is 2.19 bits per heavy atom. The second-order valence-corrected chi connectivity index (χ2v) is 9.32. The molecule has 31 heavy (non-hydrogen) atoms. The zero-order chi connectivity index (χ0) is 22.9.